The number of rotatable bonds is 14. The molecule has 120 valence electrons. The van der Waals surface area contributed by atoms with Gasteiger partial charge in [0.05, 0.1) is 0 Å². The summed E-state index contributed by atoms with van der Waals surface area (Å²) >= 11 is 0. The molecule has 5 heteroatoms. The van der Waals surface area contributed by atoms with Crippen LogP contribution >= 0.6 is 0 Å². The van der Waals surface area contributed by atoms with E-state index >= 15 is 0 Å². The molecule has 0 atom stereocenters. The topological polar surface area (TPSA) is 66.4 Å². The molecule has 0 fully saturated rings. The van der Waals surface area contributed by atoms with E-state index in [1.807, 2.05) is 0 Å². The van der Waals surface area contributed by atoms with Gasteiger partial charge < -0.3 is 10.4 Å². The second kappa shape index (κ2) is 18.2. The molecule has 4 nitrogen and oxygen atoms in total. The number of nitrogens with one attached hydrogen (secondary N) is 1. The number of carbonyl (C=O) groups is 2. The minimum Gasteiger partial charge on any atom is -0.480 e. The Morgan fingerprint density at radius 2 is 1.24 bits per heavy atom. The summed E-state index contributed by atoms with van der Waals surface area (Å²) in [7, 11) is 0. The fourth-order valence-electron chi connectivity index (χ4n) is 2.21. The fraction of sp³-hybridized carbons (Fsp3) is 0.875. The van der Waals surface area contributed by atoms with Crippen LogP contribution < -0.4 is 5.32 Å². The van der Waals surface area contributed by atoms with E-state index in [4.69, 9.17) is 5.11 Å². The Balaban J connectivity index is 0. The summed E-state index contributed by atoms with van der Waals surface area (Å²) in [6, 6.07) is 0. The first-order valence-corrected chi connectivity index (χ1v) is 8.15. The Kier molecular flexibility index (Phi) is 20.4. The van der Waals surface area contributed by atoms with Crippen LogP contribution in [0.25, 0.3) is 0 Å². The van der Waals surface area contributed by atoms with Crippen LogP contribution in [-0.2, 0) is 9.59 Å². The number of unbranched alkanes of at least 4 members (excludes halogenated alkanes) is 10. The minimum absolute atomic E-state index is 0. The predicted molar refractivity (Wildman–Crippen MR) is 87.5 cm³/mol. The van der Waals surface area contributed by atoms with Gasteiger partial charge in [-0.3, -0.25) is 9.59 Å². The number of hydrogen-bond acceptors (Lipinski definition) is 2. The first-order valence-electron chi connectivity index (χ1n) is 8.15. The molecule has 0 aromatic rings. The maximum atomic E-state index is 11.2. The molecule has 0 aliphatic carbocycles. The quantitative estimate of drug-likeness (QED) is 0.379. The van der Waals surface area contributed by atoms with Crippen LogP contribution in [0.4, 0.5) is 0 Å². The van der Waals surface area contributed by atoms with E-state index < -0.39 is 5.97 Å². The van der Waals surface area contributed by atoms with Crippen molar-refractivity contribution in [3.8, 4) is 0 Å². The van der Waals surface area contributed by atoms with Crippen LogP contribution in [0, 0.1) is 0 Å². The molecule has 21 heavy (non-hydrogen) atoms. The summed E-state index contributed by atoms with van der Waals surface area (Å²) in [5.74, 6) is -1.14. The van der Waals surface area contributed by atoms with E-state index in [-0.39, 0.29) is 50.2 Å². The van der Waals surface area contributed by atoms with Crippen LogP contribution in [0.1, 0.15) is 84.0 Å². The minimum atomic E-state index is -0.989. The third kappa shape index (κ3) is 20.2. The van der Waals surface area contributed by atoms with Gasteiger partial charge in [0.25, 0.3) is 0 Å². The molecule has 0 spiro atoms. The molecule has 0 aromatic carbocycles. The molecular weight excluding hydrogens is 294 g/mol. The number of amides is 1. The Morgan fingerprint density at radius 1 is 0.810 bits per heavy atom. The van der Waals surface area contributed by atoms with Gasteiger partial charge in [0, 0.05) is 44.2 Å². The smallest absolute Gasteiger partial charge is 0.322 e. The van der Waals surface area contributed by atoms with Gasteiger partial charge in [-0.25, -0.2) is 0 Å². The first-order chi connectivity index (χ1) is 9.66. The van der Waals surface area contributed by atoms with E-state index in [0.29, 0.717) is 6.42 Å². The van der Waals surface area contributed by atoms with Crippen LogP contribution in [0.3, 0.4) is 0 Å². The van der Waals surface area contributed by atoms with Crippen molar-refractivity contribution < 1.29 is 14.7 Å². The van der Waals surface area contributed by atoms with Crippen molar-refractivity contribution in [1.82, 2.24) is 5.32 Å². The zero-order valence-electron chi connectivity index (χ0n) is 13.7. The summed E-state index contributed by atoms with van der Waals surface area (Å²) in [5.41, 5.74) is 0. The van der Waals surface area contributed by atoms with Crippen LogP contribution in [0.2, 0.25) is 0 Å². The van der Waals surface area contributed by atoms with Gasteiger partial charge in [0.2, 0.25) is 5.91 Å². The van der Waals surface area contributed by atoms with Crippen molar-refractivity contribution in [3.63, 3.8) is 0 Å². The number of carbonyl (C=O) groups excluding carboxylic acids is 1. The molecule has 0 saturated heterocycles. The summed E-state index contributed by atoms with van der Waals surface area (Å²) in [4.78, 5) is 21.5. The molecule has 0 aliphatic heterocycles. The zero-order chi connectivity index (χ0) is 15.1. The zero-order valence-corrected chi connectivity index (χ0v) is 15.9. The third-order valence-corrected chi connectivity index (χ3v) is 3.44. The molecule has 0 aliphatic rings. The van der Waals surface area contributed by atoms with Crippen molar-refractivity contribution in [2.45, 2.75) is 84.0 Å². The number of hydrogen-bond donors (Lipinski definition) is 2. The van der Waals surface area contributed by atoms with E-state index in [9.17, 15) is 9.59 Å². The van der Waals surface area contributed by atoms with Gasteiger partial charge in [-0.15, -0.1) is 0 Å². The summed E-state index contributed by atoms with van der Waals surface area (Å²) in [5, 5.41) is 10.8. The van der Waals surface area contributed by atoms with Crippen molar-refractivity contribution in [2.24, 2.45) is 0 Å². The predicted octanol–water partition coefficient (Wildman–Crippen LogP) is 3.51. The first kappa shape index (κ1) is 23.5. The normalized spacial score (nSPS) is 9.95. The van der Waals surface area contributed by atoms with Crippen LogP contribution in [0.5, 0.6) is 0 Å². The maximum absolute atomic E-state index is 11.2. The third-order valence-electron chi connectivity index (χ3n) is 3.44. The Bertz CT molecular complexity index is 260. The molecule has 0 rings (SSSR count). The molecule has 0 bridgehead atoms. The Hall–Kier alpha value is 0.200. The molecule has 1 amide bonds. The molecular formula is C16H31CaNO3. The number of aliphatic carboxylic acids is 1. The van der Waals surface area contributed by atoms with E-state index in [0.717, 1.165) is 12.8 Å². The number of carboxylic acid groups (broad SMARTS) is 1. The fourth-order valence-corrected chi connectivity index (χ4v) is 2.21. The number of carboxylic acids is 1. The SMILES string of the molecule is CCCCCCCCCCCCCC(=O)NCC(=O)O.[Ca]. The standard InChI is InChI=1S/C16H31NO3.Ca/c1-2-3-4-5-6-7-8-9-10-11-12-13-15(18)17-14-16(19)20;/h2-14H2,1H3,(H,17,18)(H,19,20);. The van der Waals surface area contributed by atoms with E-state index in [1.165, 1.54) is 57.8 Å². The van der Waals surface area contributed by atoms with Gasteiger partial charge in [-0.05, 0) is 6.42 Å². The van der Waals surface area contributed by atoms with Gasteiger partial charge >= 0.3 is 5.97 Å². The van der Waals surface area contributed by atoms with E-state index in [2.05, 4.69) is 12.2 Å². The van der Waals surface area contributed by atoms with Gasteiger partial charge in [-0.1, -0.05) is 71.1 Å². The van der Waals surface area contributed by atoms with Crippen molar-refractivity contribution in [3.05, 3.63) is 0 Å². The van der Waals surface area contributed by atoms with Crippen molar-refractivity contribution in [2.75, 3.05) is 6.54 Å². The summed E-state index contributed by atoms with van der Waals surface area (Å²) in [6.07, 6.45) is 14.2. The Labute approximate surface area is 159 Å². The summed E-state index contributed by atoms with van der Waals surface area (Å²) in [6.45, 7) is 1.97. The molecule has 0 unspecified atom stereocenters. The summed E-state index contributed by atoms with van der Waals surface area (Å²) < 4.78 is 0. The largest absolute Gasteiger partial charge is 0.480 e. The molecule has 2 radical (unpaired) electrons. The molecule has 0 saturated carbocycles. The Morgan fingerprint density at radius 3 is 1.67 bits per heavy atom. The molecule has 0 aromatic heterocycles. The van der Waals surface area contributed by atoms with Crippen LogP contribution in [-0.4, -0.2) is 61.3 Å². The van der Waals surface area contributed by atoms with Crippen molar-refractivity contribution >= 4 is 49.6 Å². The van der Waals surface area contributed by atoms with Gasteiger partial charge in [0.1, 0.15) is 6.54 Å². The molecule has 0 heterocycles. The van der Waals surface area contributed by atoms with E-state index in [1.54, 1.807) is 0 Å². The van der Waals surface area contributed by atoms with Crippen LogP contribution in [0.15, 0.2) is 0 Å². The second-order valence-electron chi connectivity index (χ2n) is 5.46. The second-order valence-corrected chi connectivity index (χ2v) is 5.46. The maximum Gasteiger partial charge on any atom is 0.322 e. The molecule has 2 N–H and O–H groups in total. The van der Waals surface area contributed by atoms with Gasteiger partial charge in [-0.2, -0.15) is 0 Å². The van der Waals surface area contributed by atoms with Gasteiger partial charge in [0.15, 0.2) is 0 Å². The van der Waals surface area contributed by atoms with Crippen molar-refractivity contribution in [1.29, 1.82) is 0 Å². The monoisotopic (exact) mass is 325 g/mol. The average molecular weight is 326 g/mol. The average Bonchev–Trinajstić information content (AvgIpc) is 2.42.